The summed E-state index contributed by atoms with van der Waals surface area (Å²) in [4.78, 5) is 13.6. The number of fused-ring (bicyclic) bond motifs is 1. The molecule has 0 radical (unpaired) electrons. The summed E-state index contributed by atoms with van der Waals surface area (Å²) in [5.74, 6) is 0.138. The quantitative estimate of drug-likeness (QED) is 0.389. The average molecular weight is 506 g/mol. The molecular weight excluding hydrogens is 473 g/mol. The number of aromatic nitrogens is 2. The van der Waals surface area contributed by atoms with Gasteiger partial charge in [-0.05, 0) is 98.9 Å². The number of nitrogens with zero attached hydrogens (tertiary/aromatic N) is 2. The summed E-state index contributed by atoms with van der Waals surface area (Å²) in [6.45, 7) is 4.12. The van der Waals surface area contributed by atoms with Crippen LogP contribution in [0.4, 0.5) is 4.39 Å². The van der Waals surface area contributed by atoms with E-state index in [1.165, 1.54) is 31.4 Å². The molecule has 1 fully saturated rings. The number of rotatable bonds is 5. The molecule has 188 valence electrons. The van der Waals surface area contributed by atoms with Gasteiger partial charge in [0.25, 0.3) is 5.91 Å². The van der Waals surface area contributed by atoms with E-state index >= 15 is 0 Å². The van der Waals surface area contributed by atoms with Gasteiger partial charge in [0.1, 0.15) is 5.82 Å². The number of hydrogen-bond donors (Lipinski definition) is 1. The maximum Gasteiger partial charge on any atom is 0.272 e. The van der Waals surface area contributed by atoms with Crippen molar-refractivity contribution >= 4 is 29.2 Å². The Morgan fingerprint density at radius 3 is 2.58 bits per heavy atom. The molecule has 2 aliphatic carbocycles. The first kappa shape index (κ1) is 24.8. The summed E-state index contributed by atoms with van der Waals surface area (Å²) in [7, 11) is 0. The number of nitrogens with one attached hydrogen (secondary N) is 1. The van der Waals surface area contributed by atoms with Crippen molar-refractivity contribution in [1.82, 2.24) is 15.1 Å². The second kappa shape index (κ2) is 10.6. The molecular formula is C30H33ClFN3O. The lowest BCUT2D eigenvalue weighted by molar-refractivity contribution is 0.0912. The number of amides is 1. The van der Waals surface area contributed by atoms with Crippen LogP contribution in [-0.2, 0) is 6.42 Å². The number of hydrogen-bond acceptors (Lipinski definition) is 2. The van der Waals surface area contributed by atoms with Gasteiger partial charge in [0.15, 0.2) is 5.69 Å². The van der Waals surface area contributed by atoms with Crippen molar-refractivity contribution in [3.8, 4) is 5.69 Å². The molecule has 1 aromatic heterocycles. The standard InChI is InChI=1S/C30H33ClFN3O/c1-19-11-16-27(26(31)17-19)35-29-23(18-21-12-14-24(32)15-13-21)9-6-10-25(29)28(34-35)30(36)33-20(2)22-7-4-3-5-8-22/h11-18,20,22H,3-10H2,1-2H3,(H,33,36)/b23-18+/t20-/m1/s1. The van der Waals surface area contributed by atoms with E-state index in [-0.39, 0.29) is 17.8 Å². The molecule has 1 N–H and O–H groups in total. The highest BCUT2D eigenvalue weighted by atomic mass is 35.5. The van der Waals surface area contributed by atoms with Crippen LogP contribution in [0, 0.1) is 18.7 Å². The van der Waals surface area contributed by atoms with Crippen LogP contribution in [0.5, 0.6) is 0 Å². The molecule has 36 heavy (non-hydrogen) atoms. The smallest absolute Gasteiger partial charge is 0.272 e. The van der Waals surface area contributed by atoms with Gasteiger partial charge in [-0.3, -0.25) is 4.79 Å². The van der Waals surface area contributed by atoms with E-state index in [1.807, 2.05) is 29.8 Å². The molecule has 1 amide bonds. The van der Waals surface area contributed by atoms with E-state index in [4.69, 9.17) is 16.7 Å². The number of carbonyl (C=O) groups excluding carboxylic acids is 1. The van der Waals surface area contributed by atoms with Crippen molar-refractivity contribution in [2.24, 2.45) is 5.92 Å². The molecule has 4 nitrogen and oxygen atoms in total. The number of allylic oxidation sites excluding steroid dienone is 1. The fourth-order valence-corrected chi connectivity index (χ4v) is 5.97. The van der Waals surface area contributed by atoms with Crippen LogP contribution in [0.15, 0.2) is 42.5 Å². The van der Waals surface area contributed by atoms with E-state index in [1.54, 1.807) is 12.1 Å². The third kappa shape index (κ3) is 5.12. The Hall–Kier alpha value is -2.92. The minimum atomic E-state index is -0.260. The Morgan fingerprint density at radius 2 is 1.86 bits per heavy atom. The molecule has 6 heteroatoms. The summed E-state index contributed by atoms with van der Waals surface area (Å²) in [5.41, 5.74) is 6.17. The zero-order chi connectivity index (χ0) is 25.2. The summed E-state index contributed by atoms with van der Waals surface area (Å²) in [5, 5.41) is 8.73. The van der Waals surface area contributed by atoms with Gasteiger partial charge in [0, 0.05) is 11.6 Å². The fraction of sp³-hybridized carbons (Fsp3) is 0.400. The number of aryl methyl sites for hydroxylation is 1. The molecule has 5 rings (SSSR count). The SMILES string of the molecule is Cc1ccc(-n2nc(C(=O)N[C@H](C)C3CCCCC3)c3c2/C(=C/c2ccc(F)cc2)CCC3)c(Cl)c1. The van der Waals surface area contributed by atoms with Crippen LogP contribution in [0.25, 0.3) is 17.3 Å². The summed E-state index contributed by atoms with van der Waals surface area (Å²) >= 11 is 6.68. The zero-order valence-electron chi connectivity index (χ0n) is 21.0. The minimum absolute atomic E-state index is 0.111. The maximum atomic E-state index is 13.6. The normalized spacial score (nSPS) is 18.2. The lowest BCUT2D eigenvalue weighted by Crippen LogP contribution is -2.39. The molecule has 0 unspecified atom stereocenters. The predicted octanol–water partition coefficient (Wildman–Crippen LogP) is 7.55. The van der Waals surface area contributed by atoms with Gasteiger partial charge in [-0.25, -0.2) is 9.07 Å². The molecule has 3 aromatic rings. The summed E-state index contributed by atoms with van der Waals surface area (Å²) in [6.07, 6.45) is 10.7. The first-order valence-electron chi connectivity index (χ1n) is 13.1. The third-order valence-electron chi connectivity index (χ3n) is 7.63. The molecule has 0 saturated heterocycles. The van der Waals surface area contributed by atoms with Gasteiger partial charge in [0.05, 0.1) is 16.4 Å². The first-order valence-corrected chi connectivity index (χ1v) is 13.4. The van der Waals surface area contributed by atoms with E-state index in [0.717, 1.165) is 65.7 Å². The fourth-order valence-electron chi connectivity index (χ4n) is 5.66. The first-order chi connectivity index (χ1) is 17.4. The van der Waals surface area contributed by atoms with Crippen LogP contribution in [0.1, 0.15) is 84.7 Å². The average Bonchev–Trinajstić information content (AvgIpc) is 3.26. The van der Waals surface area contributed by atoms with Crippen molar-refractivity contribution in [1.29, 1.82) is 0 Å². The van der Waals surface area contributed by atoms with Crippen LogP contribution < -0.4 is 5.32 Å². The van der Waals surface area contributed by atoms with E-state index in [9.17, 15) is 9.18 Å². The maximum absolute atomic E-state index is 13.6. The van der Waals surface area contributed by atoms with Crippen molar-refractivity contribution in [2.45, 2.75) is 71.3 Å². The lowest BCUT2D eigenvalue weighted by atomic mass is 9.84. The largest absolute Gasteiger partial charge is 0.348 e. The van der Waals surface area contributed by atoms with Gasteiger partial charge in [0.2, 0.25) is 0 Å². The molecule has 2 aliphatic rings. The van der Waals surface area contributed by atoms with Gasteiger partial charge >= 0.3 is 0 Å². The Kier molecular flexibility index (Phi) is 7.29. The highest BCUT2D eigenvalue weighted by Gasteiger charge is 2.30. The number of benzene rings is 2. The molecule has 1 heterocycles. The van der Waals surface area contributed by atoms with Crippen LogP contribution in [0.3, 0.4) is 0 Å². The molecule has 0 spiro atoms. The van der Waals surface area contributed by atoms with Crippen molar-refractivity contribution in [2.75, 3.05) is 0 Å². The summed E-state index contributed by atoms with van der Waals surface area (Å²) in [6, 6.07) is 12.5. The van der Waals surface area contributed by atoms with Crippen LogP contribution >= 0.6 is 11.6 Å². The Labute approximate surface area is 217 Å². The highest BCUT2D eigenvalue weighted by Crippen LogP contribution is 2.37. The molecule has 2 aromatic carbocycles. The number of carbonyl (C=O) groups is 1. The Bertz CT molecular complexity index is 1290. The second-order valence-electron chi connectivity index (χ2n) is 10.3. The van der Waals surface area contributed by atoms with Crippen molar-refractivity contribution in [3.63, 3.8) is 0 Å². The van der Waals surface area contributed by atoms with Crippen LogP contribution in [-0.4, -0.2) is 21.7 Å². The van der Waals surface area contributed by atoms with Gasteiger partial charge < -0.3 is 5.32 Å². The summed E-state index contributed by atoms with van der Waals surface area (Å²) < 4.78 is 15.3. The molecule has 1 atom stereocenters. The van der Waals surface area contributed by atoms with Crippen molar-refractivity contribution < 1.29 is 9.18 Å². The van der Waals surface area contributed by atoms with E-state index in [0.29, 0.717) is 16.6 Å². The second-order valence-corrected chi connectivity index (χ2v) is 10.7. The number of halogens is 2. The van der Waals surface area contributed by atoms with Crippen molar-refractivity contribution in [3.05, 3.63) is 81.4 Å². The highest BCUT2D eigenvalue weighted by molar-refractivity contribution is 6.32. The van der Waals surface area contributed by atoms with Gasteiger partial charge in [-0.1, -0.05) is 49.1 Å². The predicted molar refractivity (Wildman–Crippen MR) is 144 cm³/mol. The monoisotopic (exact) mass is 505 g/mol. The van der Waals surface area contributed by atoms with Gasteiger partial charge in [-0.2, -0.15) is 5.10 Å². The topological polar surface area (TPSA) is 46.9 Å². The van der Waals surface area contributed by atoms with E-state index in [2.05, 4.69) is 18.3 Å². The lowest BCUT2D eigenvalue weighted by Gasteiger charge is -2.28. The zero-order valence-corrected chi connectivity index (χ0v) is 21.7. The molecule has 0 bridgehead atoms. The molecule has 0 aliphatic heterocycles. The van der Waals surface area contributed by atoms with Crippen LogP contribution in [0.2, 0.25) is 5.02 Å². The minimum Gasteiger partial charge on any atom is -0.348 e. The molecule has 1 saturated carbocycles. The Morgan fingerprint density at radius 1 is 1.11 bits per heavy atom. The van der Waals surface area contributed by atoms with E-state index < -0.39 is 0 Å². The third-order valence-corrected chi connectivity index (χ3v) is 7.94. The Balaban J connectivity index is 1.57. The van der Waals surface area contributed by atoms with Gasteiger partial charge in [-0.15, -0.1) is 0 Å².